The molecule has 0 amide bonds. The van der Waals surface area contributed by atoms with E-state index in [1.54, 1.807) is 4.68 Å². The minimum Gasteiger partial charge on any atom is -0.383 e. The van der Waals surface area contributed by atoms with Gasteiger partial charge in [0.1, 0.15) is 22.5 Å². The molecule has 0 bridgehead atoms. The van der Waals surface area contributed by atoms with Crippen molar-refractivity contribution in [3.8, 4) is 5.82 Å². The molecule has 37 heavy (non-hydrogen) atoms. The minimum absolute atomic E-state index is 0.00656. The minimum atomic E-state index is -1.28. The number of aromatic nitrogens is 5. The highest BCUT2D eigenvalue weighted by Gasteiger charge is 2.40. The third kappa shape index (κ3) is 3.82. The number of anilines is 2. The molecule has 1 aliphatic carbocycles. The van der Waals surface area contributed by atoms with Gasteiger partial charge in [0.25, 0.3) is 5.56 Å². The van der Waals surface area contributed by atoms with Crippen molar-refractivity contribution in [2.24, 2.45) is 0 Å². The van der Waals surface area contributed by atoms with Gasteiger partial charge >= 0.3 is 0 Å². The fraction of sp³-hybridized carbons (Fsp3) is 0.407. The molecule has 3 aromatic heterocycles. The number of rotatable bonds is 5. The van der Waals surface area contributed by atoms with E-state index in [9.17, 15) is 14.3 Å². The molecule has 192 valence electrons. The zero-order valence-electron chi connectivity index (χ0n) is 21.2. The van der Waals surface area contributed by atoms with E-state index in [1.807, 2.05) is 13.0 Å². The Morgan fingerprint density at radius 2 is 2.00 bits per heavy atom. The summed E-state index contributed by atoms with van der Waals surface area (Å²) in [5, 5.41) is 17.9. The molecule has 0 unspecified atom stereocenters. The van der Waals surface area contributed by atoms with Gasteiger partial charge in [-0.3, -0.25) is 4.79 Å². The number of hydrogen-bond donors (Lipinski definition) is 3. The Hall–Kier alpha value is -3.63. The fourth-order valence-electron chi connectivity index (χ4n) is 5.45. The van der Waals surface area contributed by atoms with Crippen LogP contribution in [0.15, 0.2) is 41.3 Å². The van der Waals surface area contributed by atoms with Crippen LogP contribution in [0.4, 0.5) is 16.0 Å². The van der Waals surface area contributed by atoms with Crippen molar-refractivity contribution in [1.82, 2.24) is 29.6 Å². The summed E-state index contributed by atoms with van der Waals surface area (Å²) in [6.45, 7) is 7.45. The summed E-state index contributed by atoms with van der Waals surface area (Å²) in [5.41, 5.74) is 2.12. The largest absolute Gasteiger partial charge is 0.383 e. The summed E-state index contributed by atoms with van der Waals surface area (Å²) < 4.78 is 17.7. The van der Waals surface area contributed by atoms with Crippen LogP contribution in [0.2, 0.25) is 0 Å². The SMILES string of the molecule is CCn1c(=O)c2cnc(Nc3ccc4c(c3)CCNC4(C)C)nc2n1-c1ccc(F)c(C2(O)CCC2)n1. The lowest BCUT2D eigenvalue weighted by atomic mass is 9.77. The van der Waals surface area contributed by atoms with Crippen molar-refractivity contribution in [1.29, 1.82) is 0 Å². The molecule has 0 saturated heterocycles. The third-order valence-electron chi connectivity index (χ3n) is 7.64. The second-order valence-corrected chi connectivity index (χ2v) is 10.4. The predicted molar refractivity (Wildman–Crippen MR) is 139 cm³/mol. The van der Waals surface area contributed by atoms with E-state index in [0.717, 1.165) is 25.1 Å². The summed E-state index contributed by atoms with van der Waals surface area (Å²) in [5.74, 6) is 0.0945. The molecule has 0 radical (unpaired) electrons. The Morgan fingerprint density at radius 1 is 1.19 bits per heavy atom. The Bertz CT molecular complexity index is 1590. The van der Waals surface area contributed by atoms with Crippen LogP contribution in [0, 0.1) is 5.82 Å². The maximum absolute atomic E-state index is 14.6. The lowest BCUT2D eigenvalue weighted by molar-refractivity contribution is -0.0457. The highest BCUT2D eigenvalue weighted by molar-refractivity contribution is 5.77. The van der Waals surface area contributed by atoms with E-state index in [4.69, 9.17) is 0 Å². The van der Waals surface area contributed by atoms with Crippen molar-refractivity contribution in [3.63, 3.8) is 0 Å². The topological polar surface area (TPSA) is 110 Å². The molecule has 10 heteroatoms. The van der Waals surface area contributed by atoms with Crippen LogP contribution in [0.5, 0.6) is 0 Å². The lowest BCUT2D eigenvalue weighted by Crippen LogP contribution is -2.42. The smallest absolute Gasteiger partial charge is 0.278 e. The average molecular weight is 504 g/mol. The second kappa shape index (κ2) is 8.46. The molecule has 1 fully saturated rings. The molecule has 3 N–H and O–H groups in total. The highest BCUT2D eigenvalue weighted by atomic mass is 19.1. The van der Waals surface area contributed by atoms with Gasteiger partial charge in [-0.15, -0.1) is 0 Å². The molecule has 4 heterocycles. The van der Waals surface area contributed by atoms with Gasteiger partial charge in [0.15, 0.2) is 11.5 Å². The van der Waals surface area contributed by atoms with E-state index < -0.39 is 11.4 Å². The molecule has 4 aromatic rings. The molecule has 9 nitrogen and oxygen atoms in total. The summed E-state index contributed by atoms with van der Waals surface area (Å²) in [4.78, 5) is 26.7. The number of aliphatic hydroxyl groups is 1. The van der Waals surface area contributed by atoms with Crippen LogP contribution in [-0.4, -0.2) is 36.0 Å². The Labute approximate surface area is 213 Å². The molecule has 2 aliphatic rings. The highest BCUT2D eigenvalue weighted by Crippen LogP contribution is 2.41. The van der Waals surface area contributed by atoms with Gasteiger partial charge in [-0.1, -0.05) is 6.07 Å². The quantitative estimate of drug-likeness (QED) is 0.382. The van der Waals surface area contributed by atoms with Gasteiger partial charge in [-0.25, -0.2) is 23.7 Å². The van der Waals surface area contributed by atoms with E-state index in [-0.39, 0.29) is 16.8 Å². The first-order chi connectivity index (χ1) is 17.7. The number of fused-ring (bicyclic) bond motifs is 2. The van der Waals surface area contributed by atoms with Gasteiger partial charge in [0, 0.05) is 24.0 Å². The number of halogens is 1. The normalized spacial score (nSPS) is 17.9. The van der Waals surface area contributed by atoms with Crippen LogP contribution < -0.4 is 16.2 Å². The monoisotopic (exact) mass is 503 g/mol. The molecular formula is C27H30FN7O2. The molecule has 1 aromatic carbocycles. The Balaban J connectivity index is 1.43. The zero-order chi connectivity index (χ0) is 25.9. The van der Waals surface area contributed by atoms with E-state index >= 15 is 0 Å². The Kier molecular flexibility index (Phi) is 5.43. The van der Waals surface area contributed by atoms with Crippen molar-refractivity contribution in [2.75, 3.05) is 11.9 Å². The Morgan fingerprint density at radius 3 is 2.73 bits per heavy atom. The number of hydrogen-bond acceptors (Lipinski definition) is 7. The van der Waals surface area contributed by atoms with Crippen LogP contribution >= 0.6 is 0 Å². The van der Waals surface area contributed by atoms with Gasteiger partial charge in [0.2, 0.25) is 5.95 Å². The average Bonchev–Trinajstić information content (AvgIpc) is 3.13. The molecule has 6 rings (SSSR count). The molecule has 0 spiro atoms. The summed E-state index contributed by atoms with van der Waals surface area (Å²) in [6.07, 6.45) is 4.16. The summed E-state index contributed by atoms with van der Waals surface area (Å²) in [7, 11) is 0. The van der Waals surface area contributed by atoms with Gasteiger partial charge in [-0.05, 0) is 88.4 Å². The van der Waals surface area contributed by atoms with Crippen LogP contribution in [-0.2, 0) is 24.1 Å². The van der Waals surface area contributed by atoms with Crippen LogP contribution in [0.3, 0.4) is 0 Å². The van der Waals surface area contributed by atoms with Crippen molar-refractivity contribution in [2.45, 2.75) is 64.1 Å². The lowest BCUT2D eigenvalue weighted by Gasteiger charge is -2.36. The van der Waals surface area contributed by atoms with Gasteiger partial charge in [0.05, 0.1) is 0 Å². The number of nitrogens with zero attached hydrogens (tertiary/aromatic N) is 5. The molecule has 0 atom stereocenters. The number of pyridine rings is 1. The standard InChI is InChI=1S/C27H30FN7O2/c1-4-34-24(36)18-15-29-25(31-17-6-7-19-16(14-17)10-13-30-26(19,2)3)33-23(18)35(34)21-9-8-20(28)22(32-21)27(37)11-5-12-27/h6-9,14-15,30,37H,4-5,10-13H2,1-3H3,(H,29,31,33). The van der Waals surface area contributed by atoms with Crippen molar-refractivity contribution < 1.29 is 9.50 Å². The number of nitrogens with one attached hydrogen (secondary N) is 2. The van der Waals surface area contributed by atoms with Crippen molar-refractivity contribution >= 4 is 22.7 Å². The third-order valence-corrected chi connectivity index (χ3v) is 7.64. The fourth-order valence-corrected chi connectivity index (χ4v) is 5.45. The first kappa shape index (κ1) is 23.7. The zero-order valence-corrected chi connectivity index (χ0v) is 21.2. The van der Waals surface area contributed by atoms with Gasteiger partial charge in [-0.2, -0.15) is 4.98 Å². The molecule has 1 saturated carbocycles. The maximum Gasteiger partial charge on any atom is 0.278 e. The van der Waals surface area contributed by atoms with Gasteiger partial charge < -0.3 is 15.7 Å². The molecular weight excluding hydrogens is 473 g/mol. The molecule has 1 aliphatic heterocycles. The van der Waals surface area contributed by atoms with E-state index in [0.29, 0.717) is 42.2 Å². The maximum atomic E-state index is 14.6. The van der Waals surface area contributed by atoms with Crippen LogP contribution in [0.25, 0.3) is 16.9 Å². The summed E-state index contributed by atoms with van der Waals surface area (Å²) >= 11 is 0. The first-order valence-corrected chi connectivity index (χ1v) is 12.7. The first-order valence-electron chi connectivity index (χ1n) is 12.7. The van der Waals surface area contributed by atoms with Crippen LogP contribution in [0.1, 0.15) is 56.9 Å². The van der Waals surface area contributed by atoms with Crippen molar-refractivity contribution in [3.05, 3.63) is 69.5 Å². The number of benzene rings is 1. The van der Waals surface area contributed by atoms with E-state index in [1.165, 1.54) is 34.1 Å². The summed E-state index contributed by atoms with van der Waals surface area (Å²) in [6, 6.07) is 9.01. The second-order valence-electron chi connectivity index (χ2n) is 10.4. The predicted octanol–water partition coefficient (Wildman–Crippen LogP) is 3.63. The van der Waals surface area contributed by atoms with E-state index in [2.05, 4.69) is 51.6 Å².